The maximum Gasteiger partial charge on any atom is 0.233 e. The average molecular weight is 220 g/mol. The van der Waals surface area contributed by atoms with Crippen LogP contribution in [0.3, 0.4) is 0 Å². The van der Waals surface area contributed by atoms with Gasteiger partial charge in [-0.05, 0) is 24.3 Å². The van der Waals surface area contributed by atoms with Gasteiger partial charge in [-0.3, -0.25) is 15.0 Å². The molecular weight excluding hydrogens is 208 g/mol. The van der Waals surface area contributed by atoms with Crippen molar-refractivity contribution >= 4 is 23.3 Å². The van der Waals surface area contributed by atoms with E-state index in [0.29, 0.717) is 11.3 Å². The van der Waals surface area contributed by atoms with Gasteiger partial charge in [0.2, 0.25) is 11.8 Å². The smallest absolute Gasteiger partial charge is 0.233 e. The van der Waals surface area contributed by atoms with Gasteiger partial charge in [0.05, 0.1) is 0 Å². The van der Waals surface area contributed by atoms with Gasteiger partial charge in [0.25, 0.3) is 0 Å². The highest BCUT2D eigenvalue weighted by Crippen LogP contribution is 2.09. The Morgan fingerprint density at radius 1 is 1.19 bits per heavy atom. The molecule has 0 spiro atoms. The van der Waals surface area contributed by atoms with Crippen molar-refractivity contribution in [3.63, 3.8) is 0 Å². The lowest BCUT2D eigenvalue weighted by Crippen LogP contribution is -2.21. The molecular formula is C10H12N4O2. The minimum absolute atomic E-state index is 0.0463. The van der Waals surface area contributed by atoms with E-state index in [-0.39, 0.29) is 12.3 Å². The Kier molecular flexibility index (Phi) is 3.60. The Labute approximate surface area is 92.1 Å². The zero-order valence-electron chi connectivity index (χ0n) is 8.49. The topological polar surface area (TPSA) is 122 Å². The summed E-state index contributed by atoms with van der Waals surface area (Å²) in [5.74, 6) is -1.20. The first-order valence-corrected chi connectivity index (χ1v) is 4.51. The third kappa shape index (κ3) is 3.41. The summed E-state index contributed by atoms with van der Waals surface area (Å²) in [7, 11) is 0. The summed E-state index contributed by atoms with van der Waals surface area (Å²) in [6.45, 7) is 0. The Bertz CT molecular complexity index is 425. The van der Waals surface area contributed by atoms with Gasteiger partial charge < -0.3 is 16.8 Å². The lowest BCUT2D eigenvalue weighted by atomic mass is 10.2. The fraction of sp³-hybridized carbons (Fsp3) is 0.100. The predicted octanol–water partition coefficient (Wildman–Crippen LogP) is -0.215. The molecule has 0 atom stereocenters. The van der Waals surface area contributed by atoms with E-state index in [0.717, 1.165) is 0 Å². The highest BCUT2D eigenvalue weighted by molar-refractivity contribution is 6.03. The third-order valence-corrected chi connectivity index (χ3v) is 1.81. The molecule has 2 amide bonds. The molecule has 6 nitrogen and oxygen atoms in total. The standard InChI is InChI=1S/C10H12N4O2/c11-8(15)5-9(16)14-7-3-1-6(2-4-7)10(12)13/h1-4H,5H2,(H2,11,15)(H3,12,13)(H,14,16). The molecule has 0 aliphatic carbocycles. The largest absolute Gasteiger partial charge is 0.384 e. The fourth-order valence-electron chi connectivity index (χ4n) is 1.10. The monoisotopic (exact) mass is 220 g/mol. The number of hydrogen-bond donors (Lipinski definition) is 4. The summed E-state index contributed by atoms with van der Waals surface area (Å²) < 4.78 is 0. The van der Waals surface area contributed by atoms with Crippen LogP contribution in [0.2, 0.25) is 0 Å². The van der Waals surface area contributed by atoms with Gasteiger partial charge in [-0.25, -0.2) is 0 Å². The molecule has 0 saturated heterocycles. The highest BCUT2D eigenvalue weighted by atomic mass is 16.2. The second kappa shape index (κ2) is 4.92. The van der Waals surface area contributed by atoms with Crippen LogP contribution in [0.5, 0.6) is 0 Å². The molecule has 6 N–H and O–H groups in total. The molecule has 16 heavy (non-hydrogen) atoms. The molecule has 1 rings (SSSR count). The van der Waals surface area contributed by atoms with Gasteiger partial charge >= 0.3 is 0 Å². The number of amidine groups is 1. The molecule has 84 valence electrons. The van der Waals surface area contributed by atoms with Crippen LogP contribution in [0.25, 0.3) is 0 Å². The van der Waals surface area contributed by atoms with Gasteiger partial charge in [-0.1, -0.05) is 0 Å². The van der Waals surface area contributed by atoms with E-state index in [2.05, 4.69) is 5.32 Å². The van der Waals surface area contributed by atoms with Crippen molar-refractivity contribution in [2.24, 2.45) is 11.5 Å². The Morgan fingerprint density at radius 2 is 1.75 bits per heavy atom. The molecule has 0 bridgehead atoms. The van der Waals surface area contributed by atoms with Crippen molar-refractivity contribution in [3.8, 4) is 0 Å². The van der Waals surface area contributed by atoms with Gasteiger partial charge in [0.1, 0.15) is 12.3 Å². The van der Waals surface area contributed by atoms with Gasteiger partial charge in [-0.2, -0.15) is 0 Å². The van der Waals surface area contributed by atoms with Crippen molar-refractivity contribution in [2.45, 2.75) is 6.42 Å². The molecule has 0 radical (unpaired) electrons. The first-order chi connectivity index (χ1) is 7.49. The van der Waals surface area contributed by atoms with Gasteiger partial charge in [0, 0.05) is 11.3 Å². The van der Waals surface area contributed by atoms with Crippen LogP contribution in [0.15, 0.2) is 24.3 Å². The summed E-state index contributed by atoms with van der Waals surface area (Å²) in [4.78, 5) is 21.6. The van der Waals surface area contributed by atoms with Crippen molar-refractivity contribution in [1.29, 1.82) is 5.41 Å². The second-order valence-corrected chi connectivity index (χ2v) is 3.18. The quantitative estimate of drug-likeness (QED) is 0.319. The van der Waals surface area contributed by atoms with Crippen molar-refractivity contribution in [1.82, 2.24) is 0 Å². The number of carbonyl (C=O) groups excluding carboxylic acids is 2. The van der Waals surface area contributed by atoms with Crippen LogP contribution in [-0.4, -0.2) is 17.6 Å². The molecule has 0 aromatic heterocycles. The number of primary amides is 1. The molecule has 0 saturated carbocycles. The molecule has 0 heterocycles. The SMILES string of the molecule is N=C(N)c1ccc(NC(=O)CC(N)=O)cc1. The van der Waals surface area contributed by atoms with Crippen LogP contribution in [-0.2, 0) is 9.59 Å². The lowest BCUT2D eigenvalue weighted by molar-refractivity contribution is -0.124. The lowest BCUT2D eigenvalue weighted by Gasteiger charge is -2.04. The minimum Gasteiger partial charge on any atom is -0.384 e. The number of anilines is 1. The van der Waals surface area contributed by atoms with Gasteiger partial charge in [0.15, 0.2) is 0 Å². The number of nitrogen functional groups attached to an aromatic ring is 1. The summed E-state index contributed by atoms with van der Waals surface area (Å²) in [6.07, 6.45) is -0.353. The summed E-state index contributed by atoms with van der Waals surface area (Å²) in [6, 6.07) is 6.38. The van der Waals surface area contributed by atoms with Crippen molar-refractivity contribution < 1.29 is 9.59 Å². The highest BCUT2D eigenvalue weighted by Gasteiger charge is 2.06. The normalized spacial score (nSPS) is 9.50. The number of rotatable bonds is 4. The number of benzene rings is 1. The Morgan fingerprint density at radius 3 is 2.19 bits per heavy atom. The van der Waals surface area contributed by atoms with E-state index in [1.165, 1.54) is 0 Å². The average Bonchev–Trinajstić information content (AvgIpc) is 2.16. The number of carbonyl (C=O) groups is 2. The first kappa shape index (κ1) is 11.7. The van der Waals surface area contributed by atoms with E-state index in [9.17, 15) is 9.59 Å². The summed E-state index contributed by atoms with van der Waals surface area (Å²) in [5, 5.41) is 9.66. The third-order valence-electron chi connectivity index (χ3n) is 1.81. The molecule has 6 heteroatoms. The van der Waals surface area contributed by atoms with E-state index in [1.807, 2.05) is 0 Å². The molecule has 1 aromatic rings. The first-order valence-electron chi connectivity index (χ1n) is 4.51. The number of amides is 2. The van der Waals surface area contributed by atoms with Crippen molar-refractivity contribution in [2.75, 3.05) is 5.32 Å². The van der Waals surface area contributed by atoms with Gasteiger partial charge in [-0.15, -0.1) is 0 Å². The molecule has 0 fully saturated rings. The van der Waals surface area contributed by atoms with Crippen LogP contribution < -0.4 is 16.8 Å². The molecule has 0 unspecified atom stereocenters. The second-order valence-electron chi connectivity index (χ2n) is 3.18. The molecule has 0 aliphatic rings. The Hall–Kier alpha value is -2.37. The van der Waals surface area contributed by atoms with E-state index >= 15 is 0 Å². The zero-order valence-corrected chi connectivity index (χ0v) is 8.49. The van der Waals surface area contributed by atoms with E-state index in [1.54, 1.807) is 24.3 Å². The van der Waals surface area contributed by atoms with Crippen LogP contribution in [0.4, 0.5) is 5.69 Å². The van der Waals surface area contributed by atoms with Crippen LogP contribution in [0.1, 0.15) is 12.0 Å². The number of hydrogen-bond acceptors (Lipinski definition) is 3. The number of nitrogens with two attached hydrogens (primary N) is 2. The Balaban J connectivity index is 2.65. The van der Waals surface area contributed by atoms with Crippen molar-refractivity contribution in [3.05, 3.63) is 29.8 Å². The van der Waals surface area contributed by atoms with Crippen LogP contribution >= 0.6 is 0 Å². The maximum atomic E-state index is 11.2. The maximum absolute atomic E-state index is 11.2. The van der Waals surface area contributed by atoms with Crippen LogP contribution in [0, 0.1) is 5.41 Å². The number of nitrogens with one attached hydrogen (secondary N) is 2. The summed E-state index contributed by atoms with van der Waals surface area (Å²) >= 11 is 0. The molecule has 1 aromatic carbocycles. The fourth-order valence-corrected chi connectivity index (χ4v) is 1.10. The van der Waals surface area contributed by atoms with E-state index in [4.69, 9.17) is 16.9 Å². The van der Waals surface area contributed by atoms with E-state index < -0.39 is 11.8 Å². The summed E-state index contributed by atoms with van der Waals surface area (Å²) in [5.41, 5.74) is 11.2. The zero-order chi connectivity index (χ0) is 12.1. The molecule has 0 aliphatic heterocycles. The minimum atomic E-state index is -0.683. The predicted molar refractivity (Wildman–Crippen MR) is 59.9 cm³/mol.